The molecule has 0 fully saturated rings. The standard InChI is InChI=1S/C75H130O6/c1-4-7-10-13-16-19-22-25-27-29-31-33-35-36-37-38-40-41-43-45-47-50-53-56-59-62-65-68-74(77)80-71-72(70-79-73(76)67-64-61-58-55-52-49-24-21-18-15-12-9-6-3)81-75(78)69-66-63-60-57-54-51-48-46-44-42-39-34-32-30-28-26-23-20-17-14-11-8-5-2/h7,9-10,12,16,18-19,21,25,27,31,33,36-37,49,52,72H,4-6,8,11,13-15,17,20,22-24,26,28-30,32,34-35,38-48,50-51,53-71H2,1-3H3/b10-7-,12-9-,19-16-,21-18-,27-25-,33-31-,37-36-,52-49-. The summed E-state index contributed by atoms with van der Waals surface area (Å²) in [5, 5.41) is 0. The molecule has 0 aromatic carbocycles. The minimum atomic E-state index is -0.791. The number of carbonyl (C=O) groups is 3. The first-order valence-corrected chi connectivity index (χ1v) is 34.7. The van der Waals surface area contributed by atoms with Crippen LogP contribution in [0.2, 0.25) is 0 Å². The summed E-state index contributed by atoms with van der Waals surface area (Å²) in [6.07, 6.45) is 93.0. The van der Waals surface area contributed by atoms with E-state index in [9.17, 15) is 14.4 Å². The molecule has 0 aromatic heterocycles. The molecule has 0 amide bonds. The molecule has 466 valence electrons. The van der Waals surface area contributed by atoms with Crippen molar-refractivity contribution in [3.8, 4) is 0 Å². The van der Waals surface area contributed by atoms with Crippen molar-refractivity contribution in [2.75, 3.05) is 13.2 Å². The van der Waals surface area contributed by atoms with Crippen molar-refractivity contribution in [2.24, 2.45) is 0 Å². The van der Waals surface area contributed by atoms with Gasteiger partial charge in [0.2, 0.25) is 0 Å². The SMILES string of the molecule is CC/C=C\C/C=C\C/C=C\C/C=C\C/C=C\CCCCCCCCCCCCCC(=O)OCC(COC(=O)CCCCC/C=C\C/C=C\C/C=C\CC)OC(=O)CCCCCCCCCCCCCCCCCCCCCCCCC. The van der Waals surface area contributed by atoms with Gasteiger partial charge >= 0.3 is 17.9 Å². The van der Waals surface area contributed by atoms with Crippen molar-refractivity contribution in [3.05, 3.63) is 97.2 Å². The van der Waals surface area contributed by atoms with Gasteiger partial charge in [-0.1, -0.05) is 323 Å². The van der Waals surface area contributed by atoms with E-state index >= 15 is 0 Å². The van der Waals surface area contributed by atoms with E-state index in [2.05, 4.69) is 118 Å². The Labute approximate surface area is 502 Å². The maximum atomic E-state index is 12.9. The fourth-order valence-corrected chi connectivity index (χ4v) is 9.96. The van der Waals surface area contributed by atoms with Crippen molar-refractivity contribution in [1.29, 1.82) is 0 Å². The Morgan fingerprint density at radius 1 is 0.259 bits per heavy atom. The molecule has 6 heteroatoms. The summed E-state index contributed by atoms with van der Waals surface area (Å²) in [6.45, 7) is 6.43. The summed E-state index contributed by atoms with van der Waals surface area (Å²) >= 11 is 0. The molecule has 0 N–H and O–H groups in total. The molecule has 0 aliphatic heterocycles. The summed E-state index contributed by atoms with van der Waals surface area (Å²) < 4.78 is 16.9. The molecule has 6 nitrogen and oxygen atoms in total. The topological polar surface area (TPSA) is 78.9 Å². The van der Waals surface area contributed by atoms with Gasteiger partial charge in [0, 0.05) is 19.3 Å². The second-order valence-electron chi connectivity index (χ2n) is 23.0. The summed E-state index contributed by atoms with van der Waals surface area (Å²) in [7, 11) is 0. The van der Waals surface area contributed by atoms with Crippen LogP contribution in [-0.2, 0) is 28.6 Å². The zero-order chi connectivity index (χ0) is 58.5. The predicted molar refractivity (Wildman–Crippen MR) is 353 cm³/mol. The summed E-state index contributed by atoms with van der Waals surface area (Å²) in [4.78, 5) is 38.4. The highest BCUT2D eigenvalue weighted by molar-refractivity contribution is 5.71. The quantitative estimate of drug-likeness (QED) is 0.0261. The number of carbonyl (C=O) groups excluding carboxylic acids is 3. The van der Waals surface area contributed by atoms with Gasteiger partial charge in [-0.05, 0) is 96.3 Å². The molecule has 81 heavy (non-hydrogen) atoms. The van der Waals surface area contributed by atoms with Gasteiger partial charge in [0.15, 0.2) is 6.10 Å². The van der Waals surface area contributed by atoms with Gasteiger partial charge < -0.3 is 14.2 Å². The van der Waals surface area contributed by atoms with Crippen molar-refractivity contribution in [2.45, 2.75) is 348 Å². The number of unbranched alkanes of at least 4 members (excludes halogenated alkanes) is 36. The van der Waals surface area contributed by atoms with Crippen molar-refractivity contribution >= 4 is 17.9 Å². The molecule has 0 heterocycles. The second-order valence-corrected chi connectivity index (χ2v) is 23.0. The van der Waals surface area contributed by atoms with Crippen LogP contribution in [0, 0.1) is 0 Å². The molecule has 0 saturated carbocycles. The Bertz CT molecular complexity index is 1580. The van der Waals surface area contributed by atoms with E-state index in [-0.39, 0.29) is 31.1 Å². The summed E-state index contributed by atoms with van der Waals surface area (Å²) in [5.74, 6) is -0.902. The van der Waals surface area contributed by atoms with Gasteiger partial charge in [-0.15, -0.1) is 0 Å². The number of hydrogen-bond acceptors (Lipinski definition) is 6. The zero-order valence-electron chi connectivity index (χ0n) is 53.5. The van der Waals surface area contributed by atoms with E-state index in [4.69, 9.17) is 14.2 Å². The van der Waals surface area contributed by atoms with Gasteiger partial charge in [0.25, 0.3) is 0 Å². The Hall–Kier alpha value is -3.67. The first kappa shape index (κ1) is 77.3. The normalized spacial score (nSPS) is 12.7. The Morgan fingerprint density at radius 2 is 0.481 bits per heavy atom. The average Bonchev–Trinajstić information content (AvgIpc) is 3.46. The Kier molecular flexibility index (Phi) is 65.7. The molecule has 0 saturated heterocycles. The van der Waals surface area contributed by atoms with Crippen LogP contribution in [0.1, 0.15) is 342 Å². The van der Waals surface area contributed by atoms with Crippen LogP contribution in [0.5, 0.6) is 0 Å². The predicted octanol–water partition coefficient (Wildman–Crippen LogP) is 24.0. The summed E-state index contributed by atoms with van der Waals surface area (Å²) in [5.41, 5.74) is 0. The molecule has 1 atom stereocenters. The molecular formula is C75H130O6. The van der Waals surface area contributed by atoms with Gasteiger partial charge in [0.05, 0.1) is 0 Å². The third-order valence-corrected chi connectivity index (χ3v) is 15.1. The fraction of sp³-hybridized carbons (Fsp3) is 0.747. The monoisotopic (exact) mass is 1130 g/mol. The second kappa shape index (κ2) is 68.8. The van der Waals surface area contributed by atoms with Gasteiger partial charge in [-0.2, -0.15) is 0 Å². The van der Waals surface area contributed by atoms with Crippen molar-refractivity contribution in [1.82, 2.24) is 0 Å². The van der Waals surface area contributed by atoms with E-state index in [1.165, 1.54) is 186 Å². The highest BCUT2D eigenvalue weighted by atomic mass is 16.6. The maximum Gasteiger partial charge on any atom is 0.306 e. The minimum Gasteiger partial charge on any atom is -0.462 e. The number of rotatable bonds is 63. The molecule has 1 unspecified atom stereocenters. The summed E-state index contributed by atoms with van der Waals surface area (Å²) in [6, 6.07) is 0. The number of hydrogen-bond donors (Lipinski definition) is 0. The number of esters is 3. The molecule has 0 aliphatic carbocycles. The van der Waals surface area contributed by atoms with Crippen LogP contribution >= 0.6 is 0 Å². The largest absolute Gasteiger partial charge is 0.462 e. The lowest BCUT2D eigenvalue weighted by Gasteiger charge is -2.18. The van der Waals surface area contributed by atoms with Crippen LogP contribution in [0.4, 0.5) is 0 Å². The van der Waals surface area contributed by atoms with E-state index < -0.39 is 6.10 Å². The van der Waals surface area contributed by atoms with Gasteiger partial charge in [-0.25, -0.2) is 0 Å². The molecule has 0 spiro atoms. The highest BCUT2D eigenvalue weighted by Gasteiger charge is 2.19. The molecule has 0 bridgehead atoms. The molecule has 0 aliphatic rings. The number of allylic oxidation sites excluding steroid dienone is 16. The fourth-order valence-electron chi connectivity index (χ4n) is 9.96. The van der Waals surface area contributed by atoms with Gasteiger partial charge in [-0.3, -0.25) is 14.4 Å². The van der Waals surface area contributed by atoms with E-state index in [0.29, 0.717) is 19.3 Å². The first-order chi connectivity index (χ1) is 40.0. The van der Waals surface area contributed by atoms with E-state index in [0.717, 1.165) is 116 Å². The third-order valence-electron chi connectivity index (χ3n) is 15.1. The average molecular weight is 1130 g/mol. The molecule has 0 radical (unpaired) electrons. The minimum absolute atomic E-state index is 0.0857. The van der Waals surface area contributed by atoms with Crippen LogP contribution in [0.3, 0.4) is 0 Å². The van der Waals surface area contributed by atoms with Crippen LogP contribution in [0.15, 0.2) is 97.2 Å². The van der Waals surface area contributed by atoms with Crippen LogP contribution < -0.4 is 0 Å². The molecular weight excluding hydrogens is 997 g/mol. The lowest BCUT2D eigenvalue weighted by atomic mass is 10.0. The lowest BCUT2D eigenvalue weighted by molar-refractivity contribution is -0.167. The van der Waals surface area contributed by atoms with E-state index in [1.54, 1.807) is 0 Å². The third kappa shape index (κ3) is 67.0. The Morgan fingerprint density at radius 3 is 0.765 bits per heavy atom. The van der Waals surface area contributed by atoms with Gasteiger partial charge in [0.1, 0.15) is 13.2 Å². The Balaban J connectivity index is 4.28. The smallest absolute Gasteiger partial charge is 0.306 e. The van der Waals surface area contributed by atoms with Crippen molar-refractivity contribution < 1.29 is 28.6 Å². The number of ether oxygens (including phenoxy) is 3. The van der Waals surface area contributed by atoms with Crippen molar-refractivity contribution in [3.63, 3.8) is 0 Å². The zero-order valence-corrected chi connectivity index (χ0v) is 53.5. The lowest BCUT2D eigenvalue weighted by Crippen LogP contribution is -2.30. The molecule has 0 aromatic rings. The van der Waals surface area contributed by atoms with E-state index in [1.807, 2.05) is 0 Å². The van der Waals surface area contributed by atoms with Crippen LogP contribution in [-0.4, -0.2) is 37.2 Å². The maximum absolute atomic E-state index is 12.9. The first-order valence-electron chi connectivity index (χ1n) is 34.7. The van der Waals surface area contributed by atoms with Crippen LogP contribution in [0.25, 0.3) is 0 Å². The molecule has 0 rings (SSSR count). The highest BCUT2D eigenvalue weighted by Crippen LogP contribution is 2.18.